The zero-order valence-corrected chi connectivity index (χ0v) is 22.5. The molecule has 0 unspecified atom stereocenters. The number of amides is 2. The van der Waals surface area contributed by atoms with Crippen LogP contribution in [0, 0.1) is 11.6 Å². The van der Waals surface area contributed by atoms with Crippen LogP contribution in [0.1, 0.15) is 88.2 Å². The van der Waals surface area contributed by atoms with Crippen LogP contribution in [0.4, 0.5) is 14.5 Å². The number of piperidine rings is 1. The summed E-state index contributed by atoms with van der Waals surface area (Å²) >= 11 is 0. The topological polar surface area (TPSA) is 61.4 Å². The number of hydrogen-bond donors (Lipinski definition) is 2. The Labute approximate surface area is 225 Å². The smallest absolute Gasteiger partial charge is 0.224 e. The maximum Gasteiger partial charge on any atom is 0.224 e. The Hall–Kier alpha value is -2.80. The number of carbonyl (C=O) groups excluding carboxylic acids is 2. The van der Waals surface area contributed by atoms with Crippen molar-refractivity contribution in [1.82, 2.24) is 10.2 Å². The van der Waals surface area contributed by atoms with Gasteiger partial charge in [-0.1, -0.05) is 38.0 Å². The second-order valence-electron chi connectivity index (χ2n) is 11.0. The number of hydrogen-bond acceptors (Lipinski definition) is 3. The molecule has 7 heteroatoms. The molecule has 1 saturated carbocycles. The first-order valence-corrected chi connectivity index (χ1v) is 14.2. The van der Waals surface area contributed by atoms with E-state index in [0.717, 1.165) is 82.1 Å². The van der Waals surface area contributed by atoms with E-state index < -0.39 is 5.82 Å². The van der Waals surface area contributed by atoms with Gasteiger partial charge in [-0.15, -0.1) is 0 Å². The molecule has 0 spiro atoms. The molecule has 2 aliphatic rings. The Kier molecular flexibility index (Phi) is 9.89. The number of halogens is 2. The molecule has 1 aliphatic heterocycles. The van der Waals surface area contributed by atoms with E-state index in [4.69, 9.17) is 0 Å². The molecule has 206 valence electrons. The van der Waals surface area contributed by atoms with Crippen molar-refractivity contribution in [3.8, 4) is 0 Å². The molecule has 1 aliphatic carbocycles. The van der Waals surface area contributed by atoms with Crippen LogP contribution in [0.15, 0.2) is 42.5 Å². The molecule has 5 nitrogen and oxygen atoms in total. The summed E-state index contributed by atoms with van der Waals surface area (Å²) in [6.07, 6.45) is 8.60. The van der Waals surface area contributed by atoms with E-state index in [0.29, 0.717) is 25.3 Å². The van der Waals surface area contributed by atoms with Gasteiger partial charge in [0.1, 0.15) is 11.6 Å². The van der Waals surface area contributed by atoms with Crippen molar-refractivity contribution in [3.05, 3.63) is 65.2 Å². The third-order valence-corrected chi connectivity index (χ3v) is 8.29. The zero-order chi connectivity index (χ0) is 27.0. The number of anilines is 1. The van der Waals surface area contributed by atoms with Gasteiger partial charge in [0.05, 0.1) is 5.69 Å². The van der Waals surface area contributed by atoms with Crippen LogP contribution >= 0.6 is 0 Å². The van der Waals surface area contributed by atoms with E-state index in [-0.39, 0.29) is 28.7 Å². The van der Waals surface area contributed by atoms with Crippen LogP contribution in [0.2, 0.25) is 0 Å². The van der Waals surface area contributed by atoms with E-state index in [2.05, 4.69) is 15.5 Å². The monoisotopic (exact) mass is 525 g/mol. The quantitative estimate of drug-likeness (QED) is 0.339. The normalized spacial score (nSPS) is 17.9. The Balaban J connectivity index is 1.19. The summed E-state index contributed by atoms with van der Waals surface area (Å²) in [5.74, 6) is -0.363. The van der Waals surface area contributed by atoms with Crippen molar-refractivity contribution in [2.45, 2.75) is 82.5 Å². The molecule has 2 amide bonds. The number of nitrogens with one attached hydrogen (secondary N) is 2. The van der Waals surface area contributed by atoms with Gasteiger partial charge < -0.3 is 15.5 Å². The number of likely N-dealkylation sites (tertiary alicyclic amines) is 1. The fraction of sp³-hybridized carbons (Fsp3) is 0.548. The van der Waals surface area contributed by atoms with Crippen molar-refractivity contribution in [3.63, 3.8) is 0 Å². The summed E-state index contributed by atoms with van der Waals surface area (Å²) in [7, 11) is 0. The molecule has 1 heterocycles. The highest BCUT2D eigenvalue weighted by molar-refractivity contribution is 5.90. The van der Waals surface area contributed by atoms with Gasteiger partial charge in [-0.2, -0.15) is 0 Å². The van der Waals surface area contributed by atoms with Crippen LogP contribution in [0.25, 0.3) is 0 Å². The lowest BCUT2D eigenvalue weighted by Crippen LogP contribution is -2.37. The lowest BCUT2D eigenvalue weighted by atomic mass is 9.76. The standard InChI is InChI=1S/C31H41F2N3O2/c1-2-6-29(37)35-28-21-24(7-12-27(28)33)23-13-19-36(20-14-23)18-5-17-34-30(38)22-31(15-3-4-16-31)25-8-10-26(32)11-9-25/h7-12,21,23H,2-6,13-20,22H2,1H3,(H,34,38)(H,35,37). The molecule has 4 rings (SSSR count). The summed E-state index contributed by atoms with van der Waals surface area (Å²) in [6.45, 7) is 5.42. The number of carbonyl (C=O) groups is 2. The van der Waals surface area contributed by atoms with Crippen molar-refractivity contribution in [2.75, 3.05) is 31.5 Å². The van der Waals surface area contributed by atoms with Gasteiger partial charge in [0, 0.05) is 24.8 Å². The van der Waals surface area contributed by atoms with Gasteiger partial charge in [-0.05, 0) is 99.5 Å². The molecule has 1 saturated heterocycles. The third-order valence-electron chi connectivity index (χ3n) is 8.29. The molecule has 0 radical (unpaired) electrons. The van der Waals surface area contributed by atoms with Crippen LogP contribution in [0.3, 0.4) is 0 Å². The maximum atomic E-state index is 14.2. The molecule has 2 aromatic rings. The molecule has 38 heavy (non-hydrogen) atoms. The summed E-state index contributed by atoms with van der Waals surface area (Å²) in [4.78, 5) is 27.1. The summed E-state index contributed by atoms with van der Waals surface area (Å²) in [6, 6.07) is 11.8. The highest BCUT2D eigenvalue weighted by Crippen LogP contribution is 2.43. The second-order valence-corrected chi connectivity index (χ2v) is 11.0. The minimum Gasteiger partial charge on any atom is -0.356 e. The third kappa shape index (κ3) is 7.40. The Bertz CT molecular complexity index is 1080. The first-order chi connectivity index (χ1) is 18.4. The number of benzene rings is 2. The maximum absolute atomic E-state index is 14.2. The first-order valence-electron chi connectivity index (χ1n) is 14.2. The van der Waals surface area contributed by atoms with E-state index >= 15 is 0 Å². The minimum absolute atomic E-state index is 0.0769. The Morgan fingerprint density at radius 3 is 2.39 bits per heavy atom. The first kappa shape index (κ1) is 28.2. The lowest BCUT2D eigenvalue weighted by molar-refractivity contribution is -0.122. The molecular formula is C31H41F2N3O2. The van der Waals surface area contributed by atoms with Gasteiger partial charge in [-0.25, -0.2) is 8.78 Å². The summed E-state index contributed by atoms with van der Waals surface area (Å²) in [5, 5.41) is 5.82. The van der Waals surface area contributed by atoms with E-state index in [1.54, 1.807) is 6.07 Å². The fourth-order valence-corrected chi connectivity index (χ4v) is 6.15. The van der Waals surface area contributed by atoms with Gasteiger partial charge >= 0.3 is 0 Å². The summed E-state index contributed by atoms with van der Waals surface area (Å²) < 4.78 is 27.6. The molecule has 2 fully saturated rings. The molecule has 0 bridgehead atoms. The van der Waals surface area contributed by atoms with Crippen molar-refractivity contribution in [1.29, 1.82) is 0 Å². The predicted octanol–water partition coefficient (Wildman–Crippen LogP) is 6.29. The Morgan fingerprint density at radius 2 is 1.71 bits per heavy atom. The van der Waals surface area contributed by atoms with E-state index in [1.807, 2.05) is 25.1 Å². The molecule has 0 aromatic heterocycles. The highest BCUT2D eigenvalue weighted by atomic mass is 19.1. The molecule has 2 aromatic carbocycles. The van der Waals surface area contributed by atoms with Crippen molar-refractivity contribution in [2.24, 2.45) is 0 Å². The highest BCUT2D eigenvalue weighted by Gasteiger charge is 2.37. The molecule has 2 N–H and O–H groups in total. The van der Waals surface area contributed by atoms with Crippen LogP contribution in [-0.4, -0.2) is 42.9 Å². The fourth-order valence-electron chi connectivity index (χ4n) is 6.15. The number of rotatable bonds is 11. The number of nitrogens with zero attached hydrogens (tertiary/aromatic N) is 1. The second kappa shape index (κ2) is 13.3. The van der Waals surface area contributed by atoms with E-state index in [9.17, 15) is 18.4 Å². The van der Waals surface area contributed by atoms with Gasteiger partial charge in [-0.3, -0.25) is 9.59 Å². The van der Waals surface area contributed by atoms with Crippen LogP contribution in [0.5, 0.6) is 0 Å². The largest absolute Gasteiger partial charge is 0.356 e. The molecule has 0 atom stereocenters. The Morgan fingerprint density at radius 1 is 1.00 bits per heavy atom. The predicted molar refractivity (Wildman–Crippen MR) is 147 cm³/mol. The van der Waals surface area contributed by atoms with Gasteiger partial charge in [0.2, 0.25) is 11.8 Å². The van der Waals surface area contributed by atoms with Crippen molar-refractivity contribution < 1.29 is 18.4 Å². The van der Waals surface area contributed by atoms with Crippen LogP contribution < -0.4 is 10.6 Å². The van der Waals surface area contributed by atoms with Crippen molar-refractivity contribution >= 4 is 17.5 Å². The average Bonchev–Trinajstić information content (AvgIpc) is 3.38. The van der Waals surface area contributed by atoms with E-state index in [1.165, 1.54) is 18.2 Å². The lowest BCUT2D eigenvalue weighted by Gasteiger charge is -2.32. The van der Waals surface area contributed by atoms with Gasteiger partial charge in [0.25, 0.3) is 0 Å². The van der Waals surface area contributed by atoms with Gasteiger partial charge in [0.15, 0.2) is 0 Å². The minimum atomic E-state index is -0.394. The average molecular weight is 526 g/mol. The summed E-state index contributed by atoms with van der Waals surface area (Å²) in [5.41, 5.74) is 2.26. The zero-order valence-electron chi connectivity index (χ0n) is 22.5. The SMILES string of the molecule is CCCC(=O)Nc1cc(C2CCN(CCCNC(=O)CC3(c4ccc(F)cc4)CCCC3)CC2)ccc1F. The molecular weight excluding hydrogens is 484 g/mol. The van der Waals surface area contributed by atoms with Crippen LogP contribution in [-0.2, 0) is 15.0 Å².